The average Bonchev–Trinajstić information content (AvgIpc) is 2.92. The van der Waals surface area contributed by atoms with Crippen LogP contribution >= 0.6 is 15.9 Å². The molecule has 27 heavy (non-hydrogen) atoms. The molecule has 0 saturated heterocycles. The van der Waals surface area contributed by atoms with Crippen LogP contribution in [0.2, 0.25) is 0 Å². The van der Waals surface area contributed by atoms with Crippen molar-refractivity contribution in [3.8, 4) is 11.8 Å². The SMILES string of the molecule is Cc1cc(/C=C(/C#N)c2cccc(Br)c2)c(C)n1-c1ccccc1C(=O)O. The number of aromatic carboxylic acids is 1. The topological polar surface area (TPSA) is 66.0 Å². The van der Waals surface area contributed by atoms with Crippen molar-refractivity contribution in [1.29, 1.82) is 5.26 Å². The van der Waals surface area contributed by atoms with Gasteiger partial charge in [-0.3, -0.25) is 0 Å². The lowest BCUT2D eigenvalue weighted by Crippen LogP contribution is -2.07. The Morgan fingerprint density at radius 1 is 1.15 bits per heavy atom. The van der Waals surface area contributed by atoms with Gasteiger partial charge in [0.25, 0.3) is 0 Å². The lowest BCUT2D eigenvalue weighted by Gasteiger charge is -2.12. The molecule has 0 amide bonds. The summed E-state index contributed by atoms with van der Waals surface area (Å²) in [6, 6.07) is 18.7. The first kappa shape index (κ1) is 18.7. The number of hydrogen-bond acceptors (Lipinski definition) is 2. The number of halogens is 1. The van der Waals surface area contributed by atoms with Crippen LogP contribution in [0, 0.1) is 25.2 Å². The number of aryl methyl sites for hydroxylation is 1. The van der Waals surface area contributed by atoms with Gasteiger partial charge in [0.1, 0.15) is 0 Å². The maximum atomic E-state index is 11.6. The molecular weight excluding hydrogens is 404 g/mol. The standard InChI is InChI=1S/C22H17BrN2O2/c1-14-10-17(11-18(13-24)16-6-5-7-19(23)12-16)15(2)25(14)21-9-4-3-8-20(21)22(26)27/h3-12H,1-2H3,(H,26,27)/b18-11-. The molecule has 0 aliphatic carbocycles. The van der Waals surface area contributed by atoms with E-state index in [2.05, 4.69) is 22.0 Å². The molecular formula is C22H17BrN2O2. The first-order chi connectivity index (χ1) is 12.9. The van der Waals surface area contributed by atoms with Crippen LogP contribution < -0.4 is 0 Å². The van der Waals surface area contributed by atoms with E-state index in [-0.39, 0.29) is 5.56 Å². The van der Waals surface area contributed by atoms with Crippen LogP contribution in [0.25, 0.3) is 17.3 Å². The third-order valence-corrected chi connectivity index (χ3v) is 4.89. The van der Waals surface area contributed by atoms with Crippen molar-refractivity contribution < 1.29 is 9.90 Å². The van der Waals surface area contributed by atoms with Gasteiger partial charge in [0.05, 0.1) is 22.9 Å². The molecule has 1 N–H and O–H groups in total. The molecule has 0 spiro atoms. The minimum Gasteiger partial charge on any atom is -0.478 e. The molecule has 3 rings (SSSR count). The van der Waals surface area contributed by atoms with Gasteiger partial charge in [-0.2, -0.15) is 5.26 Å². The third kappa shape index (κ3) is 3.71. The number of nitrogens with zero attached hydrogens (tertiary/aromatic N) is 2. The number of carboxylic acid groups (broad SMARTS) is 1. The molecule has 134 valence electrons. The normalized spacial score (nSPS) is 11.3. The maximum absolute atomic E-state index is 11.6. The van der Waals surface area contributed by atoms with Gasteiger partial charge in [-0.05, 0) is 61.4 Å². The number of benzene rings is 2. The number of aromatic nitrogens is 1. The second kappa shape index (κ2) is 7.65. The minimum atomic E-state index is -0.970. The van der Waals surface area contributed by atoms with Gasteiger partial charge in [0.15, 0.2) is 0 Å². The summed E-state index contributed by atoms with van der Waals surface area (Å²) in [5, 5.41) is 19.1. The molecule has 0 bridgehead atoms. The molecule has 1 heterocycles. The van der Waals surface area contributed by atoms with Gasteiger partial charge in [-0.15, -0.1) is 0 Å². The average molecular weight is 421 g/mol. The van der Waals surface area contributed by atoms with Crippen molar-refractivity contribution >= 4 is 33.5 Å². The minimum absolute atomic E-state index is 0.238. The monoisotopic (exact) mass is 420 g/mol. The number of rotatable bonds is 4. The molecule has 0 fully saturated rings. The van der Waals surface area contributed by atoms with Crippen molar-refractivity contribution in [2.24, 2.45) is 0 Å². The van der Waals surface area contributed by atoms with Crippen LogP contribution in [0.3, 0.4) is 0 Å². The van der Waals surface area contributed by atoms with E-state index in [0.717, 1.165) is 27.0 Å². The fourth-order valence-electron chi connectivity index (χ4n) is 3.15. The molecule has 3 aromatic rings. The number of allylic oxidation sites excluding steroid dienone is 1. The summed E-state index contributed by atoms with van der Waals surface area (Å²) in [5.74, 6) is -0.970. The Balaban J connectivity index is 2.15. The summed E-state index contributed by atoms with van der Waals surface area (Å²) in [7, 11) is 0. The van der Waals surface area contributed by atoms with Crippen molar-refractivity contribution in [3.05, 3.63) is 87.1 Å². The number of hydrogen-bond donors (Lipinski definition) is 1. The van der Waals surface area contributed by atoms with Crippen LogP contribution in [0.1, 0.15) is 32.9 Å². The Labute approximate surface area is 166 Å². The predicted molar refractivity (Wildman–Crippen MR) is 110 cm³/mol. The van der Waals surface area contributed by atoms with Crippen LogP contribution in [-0.2, 0) is 0 Å². The van der Waals surface area contributed by atoms with Crippen molar-refractivity contribution in [2.75, 3.05) is 0 Å². The molecule has 0 aliphatic heterocycles. The molecule has 0 saturated carbocycles. The largest absolute Gasteiger partial charge is 0.478 e. The van der Waals surface area contributed by atoms with Gasteiger partial charge in [0, 0.05) is 15.9 Å². The lowest BCUT2D eigenvalue weighted by atomic mass is 10.0. The van der Waals surface area contributed by atoms with Gasteiger partial charge >= 0.3 is 5.97 Å². The van der Waals surface area contributed by atoms with E-state index in [0.29, 0.717) is 11.3 Å². The summed E-state index contributed by atoms with van der Waals surface area (Å²) in [6.45, 7) is 3.85. The van der Waals surface area contributed by atoms with Crippen molar-refractivity contribution in [2.45, 2.75) is 13.8 Å². The first-order valence-corrected chi connectivity index (χ1v) is 9.11. The van der Waals surface area contributed by atoms with Crippen LogP contribution in [0.15, 0.2) is 59.1 Å². The number of para-hydroxylation sites is 1. The Hall–Kier alpha value is -3.10. The zero-order valence-electron chi connectivity index (χ0n) is 14.9. The second-order valence-electron chi connectivity index (χ2n) is 6.16. The van der Waals surface area contributed by atoms with E-state index >= 15 is 0 Å². The molecule has 0 atom stereocenters. The Morgan fingerprint density at radius 2 is 1.89 bits per heavy atom. The van der Waals surface area contributed by atoms with Crippen molar-refractivity contribution in [3.63, 3.8) is 0 Å². The Morgan fingerprint density at radius 3 is 2.56 bits per heavy atom. The highest BCUT2D eigenvalue weighted by atomic mass is 79.9. The van der Waals surface area contributed by atoms with Gasteiger partial charge < -0.3 is 9.67 Å². The lowest BCUT2D eigenvalue weighted by molar-refractivity contribution is 0.0697. The number of nitriles is 1. The molecule has 4 nitrogen and oxygen atoms in total. The quantitative estimate of drug-likeness (QED) is 0.556. The highest BCUT2D eigenvalue weighted by Crippen LogP contribution is 2.27. The van der Waals surface area contributed by atoms with E-state index < -0.39 is 5.97 Å². The van der Waals surface area contributed by atoms with Crippen molar-refractivity contribution in [1.82, 2.24) is 4.57 Å². The summed E-state index contributed by atoms with van der Waals surface area (Å²) in [4.78, 5) is 11.6. The van der Waals surface area contributed by atoms with Gasteiger partial charge in [-0.25, -0.2) is 4.79 Å². The van der Waals surface area contributed by atoms with E-state index in [1.165, 1.54) is 0 Å². The zero-order valence-corrected chi connectivity index (χ0v) is 16.5. The third-order valence-electron chi connectivity index (χ3n) is 4.40. The van der Waals surface area contributed by atoms with E-state index in [1.54, 1.807) is 18.2 Å². The van der Waals surface area contributed by atoms with E-state index in [9.17, 15) is 15.2 Å². The summed E-state index contributed by atoms with van der Waals surface area (Å²) in [6.07, 6.45) is 1.84. The van der Waals surface area contributed by atoms with Crippen LogP contribution in [0.4, 0.5) is 0 Å². The van der Waals surface area contributed by atoms with Gasteiger partial charge in [0.2, 0.25) is 0 Å². The van der Waals surface area contributed by atoms with Gasteiger partial charge in [-0.1, -0.05) is 40.2 Å². The fourth-order valence-corrected chi connectivity index (χ4v) is 3.54. The first-order valence-electron chi connectivity index (χ1n) is 8.31. The van der Waals surface area contributed by atoms with E-state index in [1.807, 2.05) is 60.9 Å². The zero-order chi connectivity index (χ0) is 19.6. The fraction of sp³-hybridized carbons (Fsp3) is 0.0909. The summed E-state index contributed by atoms with van der Waals surface area (Å²) >= 11 is 3.43. The summed E-state index contributed by atoms with van der Waals surface area (Å²) in [5.41, 5.74) is 4.88. The Kier molecular flexibility index (Phi) is 5.29. The van der Waals surface area contributed by atoms with Crippen LogP contribution in [-0.4, -0.2) is 15.6 Å². The Bertz CT molecular complexity index is 1100. The molecule has 1 aromatic heterocycles. The molecule has 0 radical (unpaired) electrons. The van der Waals surface area contributed by atoms with Crippen LogP contribution in [0.5, 0.6) is 0 Å². The molecule has 0 unspecified atom stereocenters. The number of carboxylic acids is 1. The maximum Gasteiger partial charge on any atom is 0.337 e. The molecule has 5 heteroatoms. The van der Waals surface area contributed by atoms with E-state index in [4.69, 9.17) is 0 Å². The predicted octanol–water partition coefficient (Wildman–Crippen LogP) is 5.62. The summed E-state index contributed by atoms with van der Waals surface area (Å²) < 4.78 is 2.81. The smallest absolute Gasteiger partial charge is 0.337 e. The second-order valence-corrected chi connectivity index (χ2v) is 7.08. The molecule has 0 aliphatic rings. The highest BCUT2D eigenvalue weighted by molar-refractivity contribution is 9.10. The molecule has 2 aromatic carbocycles. The number of carbonyl (C=O) groups is 1. The highest BCUT2D eigenvalue weighted by Gasteiger charge is 2.16.